The Morgan fingerprint density at radius 2 is 1.94 bits per heavy atom. The standard InChI is InChI=1S/C11H10Cl2N2O/c12-8-3-7(4-9(13)5-8)10(16)6-11-14-1-2-15-11/h1-5,10,16H,6H2,(H,14,15). The van der Waals surface area contributed by atoms with Crippen molar-refractivity contribution < 1.29 is 5.11 Å². The van der Waals surface area contributed by atoms with E-state index >= 15 is 0 Å². The largest absolute Gasteiger partial charge is 0.388 e. The Balaban J connectivity index is 2.17. The van der Waals surface area contributed by atoms with Gasteiger partial charge in [0.05, 0.1) is 6.10 Å². The lowest BCUT2D eigenvalue weighted by Crippen LogP contribution is -2.03. The highest BCUT2D eigenvalue weighted by molar-refractivity contribution is 6.34. The van der Waals surface area contributed by atoms with Crippen molar-refractivity contribution in [2.24, 2.45) is 0 Å². The lowest BCUT2D eigenvalue weighted by Gasteiger charge is -2.10. The van der Waals surface area contributed by atoms with E-state index in [1.807, 2.05) is 0 Å². The fourth-order valence-electron chi connectivity index (χ4n) is 1.48. The molecule has 1 heterocycles. The van der Waals surface area contributed by atoms with Gasteiger partial charge in [-0.1, -0.05) is 23.2 Å². The molecule has 0 spiro atoms. The van der Waals surface area contributed by atoms with Crippen molar-refractivity contribution in [3.63, 3.8) is 0 Å². The minimum atomic E-state index is -0.664. The van der Waals surface area contributed by atoms with Gasteiger partial charge in [-0.3, -0.25) is 0 Å². The van der Waals surface area contributed by atoms with Crippen LogP contribution in [-0.2, 0) is 6.42 Å². The zero-order valence-electron chi connectivity index (χ0n) is 8.32. The van der Waals surface area contributed by atoms with E-state index in [2.05, 4.69) is 9.97 Å². The van der Waals surface area contributed by atoms with E-state index in [1.165, 1.54) is 0 Å². The number of aliphatic hydroxyl groups excluding tert-OH is 1. The van der Waals surface area contributed by atoms with Gasteiger partial charge >= 0.3 is 0 Å². The first-order valence-electron chi connectivity index (χ1n) is 4.77. The molecule has 2 N–H and O–H groups in total. The summed E-state index contributed by atoms with van der Waals surface area (Å²) in [6.07, 6.45) is 3.10. The van der Waals surface area contributed by atoms with Crippen LogP contribution in [0.5, 0.6) is 0 Å². The first-order valence-corrected chi connectivity index (χ1v) is 5.53. The van der Waals surface area contributed by atoms with E-state index < -0.39 is 6.10 Å². The van der Waals surface area contributed by atoms with Crippen LogP contribution >= 0.6 is 23.2 Å². The van der Waals surface area contributed by atoms with Crippen LogP contribution in [0.2, 0.25) is 10.0 Å². The molecule has 3 nitrogen and oxygen atoms in total. The highest BCUT2D eigenvalue weighted by Gasteiger charge is 2.11. The Kier molecular flexibility index (Phi) is 3.49. The molecule has 1 unspecified atom stereocenters. The van der Waals surface area contributed by atoms with Crippen molar-refractivity contribution in [1.29, 1.82) is 0 Å². The maximum absolute atomic E-state index is 9.96. The molecule has 1 atom stereocenters. The summed E-state index contributed by atoms with van der Waals surface area (Å²) in [6, 6.07) is 5.02. The molecule has 0 aliphatic carbocycles. The Morgan fingerprint density at radius 3 is 2.50 bits per heavy atom. The number of hydrogen-bond acceptors (Lipinski definition) is 2. The number of imidazole rings is 1. The van der Waals surface area contributed by atoms with Crippen LogP contribution in [0.3, 0.4) is 0 Å². The van der Waals surface area contributed by atoms with Crippen LogP contribution in [0, 0.1) is 0 Å². The number of benzene rings is 1. The highest BCUT2D eigenvalue weighted by Crippen LogP contribution is 2.24. The van der Waals surface area contributed by atoms with Gasteiger partial charge in [-0.15, -0.1) is 0 Å². The number of nitrogens with one attached hydrogen (secondary N) is 1. The minimum absolute atomic E-state index is 0.406. The highest BCUT2D eigenvalue weighted by atomic mass is 35.5. The Bertz CT molecular complexity index is 451. The van der Waals surface area contributed by atoms with E-state index in [4.69, 9.17) is 23.2 Å². The third-order valence-corrected chi connectivity index (χ3v) is 2.65. The maximum atomic E-state index is 9.96. The fourth-order valence-corrected chi connectivity index (χ4v) is 2.02. The lowest BCUT2D eigenvalue weighted by molar-refractivity contribution is 0.176. The Hall–Kier alpha value is -1.03. The van der Waals surface area contributed by atoms with E-state index in [9.17, 15) is 5.11 Å². The van der Waals surface area contributed by atoms with Gasteiger partial charge in [0.1, 0.15) is 5.82 Å². The number of H-pyrrole nitrogens is 1. The molecule has 1 aromatic carbocycles. The van der Waals surface area contributed by atoms with Crippen molar-refractivity contribution in [3.8, 4) is 0 Å². The molecule has 0 aliphatic rings. The molecule has 2 aromatic rings. The van der Waals surface area contributed by atoms with Gasteiger partial charge in [-0.2, -0.15) is 0 Å². The third kappa shape index (κ3) is 2.76. The normalized spacial score (nSPS) is 12.7. The van der Waals surface area contributed by atoms with Crippen molar-refractivity contribution >= 4 is 23.2 Å². The fraction of sp³-hybridized carbons (Fsp3) is 0.182. The molecule has 0 saturated carbocycles. The number of hydrogen-bond donors (Lipinski definition) is 2. The predicted octanol–water partition coefficient (Wildman–Crippen LogP) is 2.99. The second-order valence-electron chi connectivity index (χ2n) is 3.46. The van der Waals surface area contributed by atoms with Gasteiger partial charge in [0.25, 0.3) is 0 Å². The third-order valence-electron chi connectivity index (χ3n) is 2.21. The zero-order valence-corrected chi connectivity index (χ0v) is 9.83. The summed E-state index contributed by atoms with van der Waals surface area (Å²) in [4.78, 5) is 6.97. The van der Waals surface area contributed by atoms with E-state index in [0.29, 0.717) is 22.0 Å². The Morgan fingerprint density at radius 1 is 1.25 bits per heavy atom. The van der Waals surface area contributed by atoms with Gasteiger partial charge in [-0.25, -0.2) is 4.98 Å². The number of halogens is 2. The predicted molar refractivity (Wildman–Crippen MR) is 63.7 cm³/mol. The minimum Gasteiger partial charge on any atom is -0.388 e. The molecular weight excluding hydrogens is 247 g/mol. The second kappa shape index (κ2) is 4.87. The van der Waals surface area contributed by atoms with Crippen LogP contribution < -0.4 is 0 Å². The molecule has 2 rings (SSSR count). The number of aromatic amines is 1. The second-order valence-corrected chi connectivity index (χ2v) is 4.33. The molecule has 0 saturated heterocycles. The first-order chi connectivity index (χ1) is 7.65. The average molecular weight is 257 g/mol. The summed E-state index contributed by atoms with van der Waals surface area (Å²) in [6.45, 7) is 0. The van der Waals surface area contributed by atoms with Gasteiger partial charge in [-0.05, 0) is 23.8 Å². The first kappa shape index (κ1) is 11.5. The van der Waals surface area contributed by atoms with Gasteiger partial charge in [0, 0.05) is 28.9 Å². The number of aliphatic hydroxyl groups is 1. The Labute approximate surface area is 103 Å². The summed E-state index contributed by atoms with van der Waals surface area (Å²) in [5.74, 6) is 0.726. The quantitative estimate of drug-likeness (QED) is 0.887. The summed E-state index contributed by atoms with van der Waals surface area (Å²) in [5, 5.41) is 11.0. The van der Waals surface area contributed by atoms with E-state index in [0.717, 1.165) is 5.82 Å². The smallest absolute Gasteiger partial charge is 0.108 e. The van der Waals surface area contributed by atoms with Gasteiger partial charge in [0.2, 0.25) is 0 Å². The van der Waals surface area contributed by atoms with Crippen LogP contribution in [-0.4, -0.2) is 15.1 Å². The van der Waals surface area contributed by atoms with Crippen LogP contribution in [0.1, 0.15) is 17.5 Å². The van der Waals surface area contributed by atoms with Crippen LogP contribution in [0.15, 0.2) is 30.6 Å². The maximum Gasteiger partial charge on any atom is 0.108 e. The summed E-state index contributed by atoms with van der Waals surface area (Å²) in [5.41, 5.74) is 0.689. The van der Waals surface area contributed by atoms with E-state index in [-0.39, 0.29) is 0 Å². The summed E-state index contributed by atoms with van der Waals surface area (Å²) in [7, 11) is 0. The lowest BCUT2D eigenvalue weighted by atomic mass is 10.1. The SMILES string of the molecule is OC(Cc1ncc[nH]1)c1cc(Cl)cc(Cl)c1. The molecular formula is C11H10Cl2N2O. The molecule has 0 fully saturated rings. The molecule has 0 aliphatic heterocycles. The van der Waals surface area contributed by atoms with E-state index in [1.54, 1.807) is 30.6 Å². The van der Waals surface area contributed by atoms with Gasteiger partial charge < -0.3 is 10.1 Å². The van der Waals surface area contributed by atoms with Gasteiger partial charge in [0.15, 0.2) is 0 Å². The summed E-state index contributed by atoms with van der Waals surface area (Å²) < 4.78 is 0. The molecule has 0 bridgehead atoms. The average Bonchev–Trinajstić information content (AvgIpc) is 2.68. The monoisotopic (exact) mass is 256 g/mol. The number of rotatable bonds is 3. The molecule has 0 amide bonds. The van der Waals surface area contributed by atoms with Crippen LogP contribution in [0.4, 0.5) is 0 Å². The van der Waals surface area contributed by atoms with Crippen molar-refractivity contribution in [2.45, 2.75) is 12.5 Å². The number of aromatic nitrogens is 2. The molecule has 5 heteroatoms. The number of nitrogens with zero attached hydrogens (tertiary/aromatic N) is 1. The van der Waals surface area contributed by atoms with Crippen molar-refractivity contribution in [2.75, 3.05) is 0 Å². The van der Waals surface area contributed by atoms with Crippen LogP contribution in [0.25, 0.3) is 0 Å². The topological polar surface area (TPSA) is 48.9 Å². The summed E-state index contributed by atoms with van der Waals surface area (Å²) >= 11 is 11.7. The van der Waals surface area contributed by atoms with Crippen molar-refractivity contribution in [3.05, 3.63) is 52.0 Å². The zero-order chi connectivity index (χ0) is 11.5. The molecule has 1 aromatic heterocycles. The molecule has 84 valence electrons. The molecule has 16 heavy (non-hydrogen) atoms. The van der Waals surface area contributed by atoms with Crippen molar-refractivity contribution in [1.82, 2.24) is 9.97 Å². The molecule has 0 radical (unpaired) electrons.